The highest BCUT2D eigenvalue weighted by Crippen LogP contribution is 2.22. The molecule has 1 saturated heterocycles. The number of nitrogens with one attached hydrogen (secondary N) is 2. The maximum Gasteiger partial charge on any atom is 0.252 e. The molecule has 7 heteroatoms. The van der Waals surface area contributed by atoms with Gasteiger partial charge >= 0.3 is 0 Å². The molecular formula is C22H33N3O4. The lowest BCUT2D eigenvalue weighted by Crippen LogP contribution is -2.54. The van der Waals surface area contributed by atoms with E-state index in [0.29, 0.717) is 57.5 Å². The standard InChI is InChI=1S/C22H33N3O4/c1-4-19(26)25-13-10-17(11-14-25)20(22(28)23-12-7-15-29-3)24-21(27)18-9-6-5-8-16(18)2/h5-6,8-9,17,20H,4,7,10-15H2,1-3H3,(H,23,28)(H,24,27). The number of nitrogens with zero attached hydrogens (tertiary/aromatic N) is 1. The van der Waals surface area contributed by atoms with Gasteiger partial charge in [0.25, 0.3) is 5.91 Å². The summed E-state index contributed by atoms with van der Waals surface area (Å²) in [6.07, 6.45) is 2.58. The molecule has 0 bridgehead atoms. The quantitative estimate of drug-likeness (QED) is 0.617. The van der Waals surface area contributed by atoms with E-state index >= 15 is 0 Å². The SMILES string of the molecule is CCC(=O)N1CCC(C(NC(=O)c2ccccc2C)C(=O)NCCCOC)CC1. The van der Waals surface area contributed by atoms with Gasteiger partial charge in [0.15, 0.2) is 0 Å². The lowest BCUT2D eigenvalue weighted by Gasteiger charge is -2.35. The van der Waals surface area contributed by atoms with Crippen LogP contribution >= 0.6 is 0 Å². The van der Waals surface area contributed by atoms with Gasteiger partial charge in [-0.1, -0.05) is 25.1 Å². The van der Waals surface area contributed by atoms with Gasteiger partial charge in [-0.05, 0) is 43.7 Å². The van der Waals surface area contributed by atoms with Crippen molar-refractivity contribution in [1.29, 1.82) is 0 Å². The highest BCUT2D eigenvalue weighted by atomic mass is 16.5. The van der Waals surface area contributed by atoms with E-state index in [2.05, 4.69) is 10.6 Å². The fourth-order valence-corrected chi connectivity index (χ4v) is 3.69. The molecule has 1 heterocycles. The van der Waals surface area contributed by atoms with Crippen molar-refractivity contribution in [3.8, 4) is 0 Å². The van der Waals surface area contributed by atoms with Crippen LogP contribution in [0.4, 0.5) is 0 Å². The number of aryl methyl sites for hydroxylation is 1. The van der Waals surface area contributed by atoms with Crippen molar-refractivity contribution in [3.05, 3.63) is 35.4 Å². The topological polar surface area (TPSA) is 87.7 Å². The van der Waals surface area contributed by atoms with Crippen molar-refractivity contribution in [1.82, 2.24) is 15.5 Å². The number of rotatable bonds is 9. The van der Waals surface area contributed by atoms with Gasteiger partial charge < -0.3 is 20.3 Å². The number of piperidine rings is 1. The molecular weight excluding hydrogens is 370 g/mol. The van der Waals surface area contributed by atoms with Crippen LogP contribution in [0.5, 0.6) is 0 Å². The third-order valence-electron chi connectivity index (χ3n) is 5.45. The molecule has 1 aliphatic heterocycles. The van der Waals surface area contributed by atoms with Crippen LogP contribution in [0.25, 0.3) is 0 Å². The van der Waals surface area contributed by atoms with E-state index in [9.17, 15) is 14.4 Å². The summed E-state index contributed by atoms with van der Waals surface area (Å²) in [6, 6.07) is 6.72. The molecule has 0 saturated carbocycles. The molecule has 0 spiro atoms. The molecule has 160 valence electrons. The number of amides is 3. The van der Waals surface area contributed by atoms with E-state index in [4.69, 9.17) is 4.74 Å². The third kappa shape index (κ3) is 6.56. The minimum atomic E-state index is -0.622. The lowest BCUT2D eigenvalue weighted by molar-refractivity contribution is -0.132. The van der Waals surface area contributed by atoms with Crippen molar-refractivity contribution in [3.63, 3.8) is 0 Å². The lowest BCUT2D eigenvalue weighted by atomic mass is 9.88. The zero-order valence-electron chi connectivity index (χ0n) is 17.7. The van der Waals surface area contributed by atoms with Gasteiger partial charge in [0, 0.05) is 45.3 Å². The van der Waals surface area contributed by atoms with E-state index in [1.165, 1.54) is 0 Å². The van der Waals surface area contributed by atoms with Gasteiger partial charge in [-0.2, -0.15) is 0 Å². The maximum absolute atomic E-state index is 12.9. The monoisotopic (exact) mass is 403 g/mol. The Morgan fingerprint density at radius 2 is 1.90 bits per heavy atom. The van der Waals surface area contributed by atoms with Crippen LogP contribution in [0.2, 0.25) is 0 Å². The zero-order chi connectivity index (χ0) is 21.2. The highest BCUT2D eigenvalue weighted by molar-refractivity contribution is 5.98. The second kappa shape index (κ2) is 11.6. The Balaban J connectivity index is 2.07. The molecule has 0 aromatic heterocycles. The molecule has 1 aromatic carbocycles. The van der Waals surface area contributed by atoms with Gasteiger partial charge in [-0.25, -0.2) is 0 Å². The van der Waals surface area contributed by atoms with Crippen LogP contribution in [0.1, 0.15) is 48.5 Å². The number of ether oxygens (including phenoxy) is 1. The van der Waals surface area contributed by atoms with Crippen LogP contribution in [0.15, 0.2) is 24.3 Å². The fourth-order valence-electron chi connectivity index (χ4n) is 3.69. The first kappa shape index (κ1) is 22.9. The molecule has 1 aliphatic rings. The Morgan fingerprint density at radius 1 is 1.21 bits per heavy atom. The summed E-state index contributed by atoms with van der Waals surface area (Å²) in [4.78, 5) is 39.5. The fraction of sp³-hybridized carbons (Fsp3) is 0.591. The molecule has 3 amide bonds. The summed E-state index contributed by atoms with van der Waals surface area (Å²) in [5.41, 5.74) is 1.44. The number of methoxy groups -OCH3 is 1. The van der Waals surface area contributed by atoms with E-state index in [1.54, 1.807) is 13.2 Å². The summed E-state index contributed by atoms with van der Waals surface area (Å²) in [5.74, 6) is -0.297. The summed E-state index contributed by atoms with van der Waals surface area (Å²) in [7, 11) is 1.62. The third-order valence-corrected chi connectivity index (χ3v) is 5.45. The first-order valence-electron chi connectivity index (χ1n) is 10.4. The first-order chi connectivity index (χ1) is 14.0. The normalized spacial score (nSPS) is 15.6. The Morgan fingerprint density at radius 3 is 2.52 bits per heavy atom. The van der Waals surface area contributed by atoms with Crippen molar-refractivity contribution in [2.45, 2.75) is 45.6 Å². The summed E-state index contributed by atoms with van der Waals surface area (Å²) < 4.78 is 5.02. The van der Waals surface area contributed by atoms with E-state index in [1.807, 2.05) is 36.9 Å². The number of hydrogen-bond donors (Lipinski definition) is 2. The molecule has 0 aliphatic carbocycles. The van der Waals surface area contributed by atoms with Crippen LogP contribution in [-0.4, -0.2) is 62.0 Å². The molecule has 1 fully saturated rings. The second-order valence-electron chi connectivity index (χ2n) is 7.48. The Kier molecular flexibility index (Phi) is 9.12. The molecule has 0 radical (unpaired) electrons. The van der Waals surface area contributed by atoms with Crippen LogP contribution in [0.3, 0.4) is 0 Å². The van der Waals surface area contributed by atoms with Gasteiger partial charge in [0.05, 0.1) is 0 Å². The predicted molar refractivity (Wildman–Crippen MR) is 112 cm³/mol. The van der Waals surface area contributed by atoms with E-state index in [-0.39, 0.29) is 23.6 Å². The summed E-state index contributed by atoms with van der Waals surface area (Å²) >= 11 is 0. The minimum Gasteiger partial charge on any atom is -0.385 e. The molecule has 29 heavy (non-hydrogen) atoms. The van der Waals surface area contributed by atoms with Crippen molar-refractivity contribution >= 4 is 17.7 Å². The van der Waals surface area contributed by atoms with Crippen LogP contribution in [0, 0.1) is 12.8 Å². The first-order valence-corrected chi connectivity index (χ1v) is 10.4. The molecule has 2 N–H and O–H groups in total. The smallest absolute Gasteiger partial charge is 0.252 e. The Hall–Kier alpha value is -2.41. The molecule has 1 atom stereocenters. The predicted octanol–water partition coefficient (Wildman–Crippen LogP) is 1.89. The van der Waals surface area contributed by atoms with E-state index < -0.39 is 6.04 Å². The average molecular weight is 404 g/mol. The Labute approximate surface area is 173 Å². The zero-order valence-corrected chi connectivity index (χ0v) is 17.7. The number of likely N-dealkylation sites (tertiary alicyclic amines) is 1. The number of carbonyl (C=O) groups is 3. The highest BCUT2D eigenvalue weighted by Gasteiger charge is 2.33. The van der Waals surface area contributed by atoms with Crippen LogP contribution in [-0.2, 0) is 14.3 Å². The molecule has 1 unspecified atom stereocenters. The van der Waals surface area contributed by atoms with E-state index in [0.717, 1.165) is 5.56 Å². The number of carbonyl (C=O) groups excluding carboxylic acids is 3. The maximum atomic E-state index is 12.9. The van der Waals surface area contributed by atoms with Crippen LogP contribution < -0.4 is 10.6 Å². The van der Waals surface area contributed by atoms with Gasteiger partial charge in [0.1, 0.15) is 6.04 Å². The summed E-state index contributed by atoms with van der Waals surface area (Å²) in [6.45, 7) is 6.03. The van der Waals surface area contributed by atoms with Gasteiger partial charge in [-0.3, -0.25) is 14.4 Å². The molecule has 2 rings (SSSR count). The van der Waals surface area contributed by atoms with Crippen molar-refractivity contribution in [2.75, 3.05) is 33.4 Å². The second-order valence-corrected chi connectivity index (χ2v) is 7.48. The van der Waals surface area contributed by atoms with Crippen molar-refractivity contribution < 1.29 is 19.1 Å². The number of hydrogen-bond acceptors (Lipinski definition) is 4. The van der Waals surface area contributed by atoms with Gasteiger partial charge in [0.2, 0.25) is 11.8 Å². The van der Waals surface area contributed by atoms with Gasteiger partial charge in [-0.15, -0.1) is 0 Å². The molecule has 7 nitrogen and oxygen atoms in total. The minimum absolute atomic E-state index is 0.00806. The van der Waals surface area contributed by atoms with Crippen molar-refractivity contribution in [2.24, 2.45) is 5.92 Å². The molecule has 1 aromatic rings. The average Bonchev–Trinajstić information content (AvgIpc) is 2.74. The largest absolute Gasteiger partial charge is 0.385 e. The Bertz CT molecular complexity index is 699. The number of benzene rings is 1. The summed E-state index contributed by atoms with van der Waals surface area (Å²) in [5, 5.41) is 5.87.